The Morgan fingerprint density at radius 1 is 1.53 bits per heavy atom. The normalized spacial score (nSPS) is 14.5. The van der Waals surface area contributed by atoms with Crippen molar-refractivity contribution >= 4 is 11.6 Å². The number of aliphatic hydroxyl groups excluding tert-OH is 1. The minimum absolute atomic E-state index is 0.187. The van der Waals surface area contributed by atoms with E-state index < -0.39 is 6.04 Å². The molecule has 0 aromatic heterocycles. The average molecular weight is 238 g/mol. The van der Waals surface area contributed by atoms with Crippen LogP contribution in [0, 0.1) is 0 Å². The maximum Gasteiger partial charge on any atom is 0.246 e. The van der Waals surface area contributed by atoms with Crippen molar-refractivity contribution in [2.24, 2.45) is 5.73 Å². The van der Waals surface area contributed by atoms with Crippen LogP contribution in [-0.2, 0) is 4.79 Å². The fourth-order valence-corrected chi connectivity index (χ4v) is 1.55. The molecule has 3 N–H and O–H groups in total. The minimum Gasteiger partial charge on any atom is -0.454 e. The molecule has 1 unspecified atom stereocenters. The van der Waals surface area contributed by atoms with E-state index in [9.17, 15) is 4.79 Å². The highest BCUT2D eigenvalue weighted by molar-refractivity contribution is 5.96. The maximum atomic E-state index is 11.7. The Morgan fingerprint density at radius 2 is 2.24 bits per heavy atom. The van der Waals surface area contributed by atoms with Crippen molar-refractivity contribution in [1.29, 1.82) is 0 Å². The number of benzene rings is 1. The molecule has 1 aliphatic heterocycles. The molecule has 1 heterocycles. The van der Waals surface area contributed by atoms with E-state index in [0.717, 1.165) is 0 Å². The topological polar surface area (TPSA) is 85.0 Å². The number of likely N-dealkylation sites (N-methyl/N-ethyl adjacent to an activating group) is 1. The van der Waals surface area contributed by atoms with Gasteiger partial charge in [-0.25, -0.2) is 0 Å². The number of nitrogens with two attached hydrogens (primary N) is 1. The molecule has 1 atom stereocenters. The molecule has 6 nitrogen and oxygen atoms in total. The average Bonchev–Trinajstić information content (AvgIpc) is 2.83. The SMILES string of the molecule is CN(C(=O)C(N)CO)c1ccc2c(c1)OCO2. The van der Waals surface area contributed by atoms with Crippen LogP contribution in [0.2, 0.25) is 0 Å². The molecule has 0 saturated heterocycles. The number of aliphatic hydroxyl groups is 1. The van der Waals surface area contributed by atoms with Crippen molar-refractivity contribution < 1.29 is 19.4 Å². The lowest BCUT2D eigenvalue weighted by molar-refractivity contribution is -0.120. The largest absolute Gasteiger partial charge is 0.454 e. The lowest BCUT2D eigenvalue weighted by Gasteiger charge is -2.20. The highest BCUT2D eigenvalue weighted by atomic mass is 16.7. The number of hydrogen-bond donors (Lipinski definition) is 2. The second-order valence-electron chi connectivity index (χ2n) is 3.72. The molecule has 0 spiro atoms. The number of carbonyl (C=O) groups excluding carboxylic acids is 1. The van der Waals surface area contributed by atoms with Crippen molar-refractivity contribution in [1.82, 2.24) is 0 Å². The first kappa shape index (κ1) is 11.7. The molecule has 1 aliphatic rings. The van der Waals surface area contributed by atoms with Gasteiger partial charge >= 0.3 is 0 Å². The summed E-state index contributed by atoms with van der Waals surface area (Å²) in [5.74, 6) is 0.896. The lowest BCUT2D eigenvalue weighted by Crippen LogP contribution is -2.44. The molecule has 0 radical (unpaired) electrons. The Morgan fingerprint density at radius 3 is 2.94 bits per heavy atom. The Bertz CT molecular complexity index is 435. The third kappa shape index (κ3) is 2.17. The molecule has 2 rings (SSSR count). The van der Waals surface area contributed by atoms with Crippen LogP contribution in [0.3, 0.4) is 0 Å². The van der Waals surface area contributed by atoms with E-state index in [1.807, 2.05) is 0 Å². The fraction of sp³-hybridized carbons (Fsp3) is 0.364. The molecule has 0 fully saturated rings. The molecule has 6 heteroatoms. The summed E-state index contributed by atoms with van der Waals surface area (Å²) in [5, 5.41) is 8.84. The van der Waals surface area contributed by atoms with E-state index in [1.54, 1.807) is 25.2 Å². The van der Waals surface area contributed by atoms with Crippen molar-refractivity contribution in [2.75, 3.05) is 25.3 Å². The number of ether oxygens (including phenoxy) is 2. The lowest BCUT2D eigenvalue weighted by atomic mass is 10.2. The molecule has 1 aromatic rings. The highest BCUT2D eigenvalue weighted by Crippen LogP contribution is 2.35. The fourth-order valence-electron chi connectivity index (χ4n) is 1.55. The molecule has 0 saturated carbocycles. The predicted molar refractivity (Wildman–Crippen MR) is 61.0 cm³/mol. The summed E-state index contributed by atoms with van der Waals surface area (Å²) < 4.78 is 10.4. The molecule has 92 valence electrons. The van der Waals surface area contributed by atoms with E-state index in [2.05, 4.69) is 0 Å². The standard InChI is InChI=1S/C11H14N2O4/c1-13(11(15)8(12)5-14)7-2-3-9-10(4-7)17-6-16-9/h2-4,8,14H,5-6,12H2,1H3. The molecule has 0 bridgehead atoms. The van der Waals surface area contributed by atoms with Gasteiger partial charge in [-0.2, -0.15) is 0 Å². The Labute approximate surface area is 98.5 Å². The molecule has 0 aliphatic carbocycles. The number of hydrogen-bond acceptors (Lipinski definition) is 5. The first-order valence-electron chi connectivity index (χ1n) is 5.17. The maximum absolute atomic E-state index is 11.7. The summed E-state index contributed by atoms with van der Waals surface area (Å²) in [7, 11) is 1.59. The summed E-state index contributed by atoms with van der Waals surface area (Å²) in [4.78, 5) is 13.1. The molecular weight excluding hydrogens is 224 g/mol. The molecule has 17 heavy (non-hydrogen) atoms. The van der Waals surface area contributed by atoms with E-state index in [0.29, 0.717) is 17.2 Å². The number of fused-ring (bicyclic) bond motifs is 1. The summed E-state index contributed by atoms with van der Waals surface area (Å²) in [6, 6.07) is 4.25. The van der Waals surface area contributed by atoms with Gasteiger partial charge in [-0.1, -0.05) is 0 Å². The summed E-state index contributed by atoms with van der Waals surface area (Å²) >= 11 is 0. The predicted octanol–water partition coefficient (Wildman–Crippen LogP) is -0.302. The van der Waals surface area contributed by atoms with E-state index >= 15 is 0 Å². The zero-order valence-electron chi connectivity index (χ0n) is 9.42. The first-order chi connectivity index (χ1) is 8.13. The highest BCUT2D eigenvalue weighted by Gasteiger charge is 2.21. The van der Waals surface area contributed by atoms with Gasteiger partial charge in [-0.3, -0.25) is 4.79 Å². The van der Waals surface area contributed by atoms with Crippen LogP contribution < -0.4 is 20.1 Å². The van der Waals surface area contributed by atoms with Gasteiger partial charge in [0.1, 0.15) is 6.04 Å². The third-order valence-electron chi connectivity index (χ3n) is 2.59. The van der Waals surface area contributed by atoms with Gasteiger partial charge in [0.25, 0.3) is 0 Å². The van der Waals surface area contributed by atoms with Crippen LogP contribution >= 0.6 is 0 Å². The van der Waals surface area contributed by atoms with Crippen LogP contribution in [0.15, 0.2) is 18.2 Å². The Balaban J connectivity index is 2.20. The first-order valence-corrected chi connectivity index (χ1v) is 5.17. The van der Waals surface area contributed by atoms with Gasteiger partial charge in [-0.05, 0) is 12.1 Å². The van der Waals surface area contributed by atoms with Crippen LogP contribution in [0.1, 0.15) is 0 Å². The third-order valence-corrected chi connectivity index (χ3v) is 2.59. The number of nitrogens with zero attached hydrogens (tertiary/aromatic N) is 1. The zero-order chi connectivity index (χ0) is 12.4. The number of carbonyl (C=O) groups is 1. The summed E-state index contributed by atoms with van der Waals surface area (Å²) in [5.41, 5.74) is 6.11. The van der Waals surface area contributed by atoms with Gasteiger partial charge in [0.2, 0.25) is 12.7 Å². The van der Waals surface area contributed by atoms with E-state index in [4.69, 9.17) is 20.3 Å². The van der Waals surface area contributed by atoms with Crippen molar-refractivity contribution in [3.05, 3.63) is 18.2 Å². The van der Waals surface area contributed by atoms with Crippen LogP contribution in [0.25, 0.3) is 0 Å². The van der Waals surface area contributed by atoms with Crippen LogP contribution in [0.5, 0.6) is 11.5 Å². The van der Waals surface area contributed by atoms with Crippen LogP contribution in [0.4, 0.5) is 5.69 Å². The van der Waals surface area contributed by atoms with Gasteiger partial charge in [-0.15, -0.1) is 0 Å². The Hall–Kier alpha value is -1.79. The zero-order valence-corrected chi connectivity index (χ0v) is 9.42. The van der Waals surface area contributed by atoms with Crippen molar-refractivity contribution in [3.63, 3.8) is 0 Å². The second-order valence-corrected chi connectivity index (χ2v) is 3.72. The van der Waals surface area contributed by atoms with Gasteiger partial charge < -0.3 is 25.2 Å². The number of amides is 1. The quantitative estimate of drug-likeness (QED) is 0.755. The molecular formula is C11H14N2O4. The van der Waals surface area contributed by atoms with Crippen LogP contribution in [-0.4, -0.2) is 37.5 Å². The summed E-state index contributed by atoms with van der Waals surface area (Å²) in [6.45, 7) is -0.194. The van der Waals surface area contributed by atoms with Gasteiger partial charge in [0, 0.05) is 18.8 Å². The van der Waals surface area contributed by atoms with E-state index in [-0.39, 0.29) is 19.3 Å². The number of rotatable bonds is 3. The smallest absolute Gasteiger partial charge is 0.246 e. The monoisotopic (exact) mass is 238 g/mol. The second kappa shape index (κ2) is 4.60. The Kier molecular flexibility index (Phi) is 3.16. The van der Waals surface area contributed by atoms with Crippen molar-refractivity contribution in [2.45, 2.75) is 6.04 Å². The molecule has 1 aromatic carbocycles. The summed E-state index contributed by atoms with van der Waals surface area (Å²) in [6.07, 6.45) is 0. The van der Waals surface area contributed by atoms with Gasteiger partial charge in [0.05, 0.1) is 6.61 Å². The van der Waals surface area contributed by atoms with Crippen molar-refractivity contribution in [3.8, 4) is 11.5 Å². The van der Waals surface area contributed by atoms with E-state index in [1.165, 1.54) is 4.90 Å². The van der Waals surface area contributed by atoms with Gasteiger partial charge in [0.15, 0.2) is 11.5 Å². The number of anilines is 1. The molecule has 1 amide bonds. The minimum atomic E-state index is -0.912.